The van der Waals surface area contributed by atoms with Crippen LogP contribution in [0.2, 0.25) is 10.0 Å². The highest BCUT2D eigenvalue weighted by molar-refractivity contribution is 6.34. The number of halogens is 2. The maximum atomic E-state index is 11.9. The minimum Gasteiger partial charge on any atom is -0.488 e. The third-order valence-electron chi connectivity index (χ3n) is 2.84. The van der Waals surface area contributed by atoms with Crippen molar-refractivity contribution in [2.24, 2.45) is 0 Å². The average Bonchev–Trinajstić information content (AvgIpc) is 2.54. The standard InChI is InChI=1S/C16H12Cl2O5/c17-10-5-6-13(18)14(9-10)22-7-8-23-16(21)12-4-2-1-3-11(12)15(19)20/h1-6,9H,7-8H2,(H,19,20). The number of benzene rings is 2. The molecular formula is C16H12Cl2O5. The van der Waals surface area contributed by atoms with Crippen LogP contribution in [0.3, 0.4) is 0 Å². The summed E-state index contributed by atoms with van der Waals surface area (Å²) < 4.78 is 10.4. The highest BCUT2D eigenvalue weighted by atomic mass is 35.5. The molecule has 2 aromatic rings. The molecule has 5 nitrogen and oxygen atoms in total. The van der Waals surface area contributed by atoms with Crippen LogP contribution in [0.1, 0.15) is 20.7 Å². The molecule has 0 unspecified atom stereocenters. The van der Waals surface area contributed by atoms with E-state index in [1.807, 2.05) is 0 Å². The monoisotopic (exact) mass is 354 g/mol. The molecule has 0 fully saturated rings. The third kappa shape index (κ3) is 4.61. The van der Waals surface area contributed by atoms with Gasteiger partial charge in [-0.15, -0.1) is 0 Å². The summed E-state index contributed by atoms with van der Waals surface area (Å²) in [6.45, 7) is -0.00330. The Balaban J connectivity index is 1.91. The second-order valence-electron chi connectivity index (χ2n) is 4.41. The van der Waals surface area contributed by atoms with Gasteiger partial charge in [-0.2, -0.15) is 0 Å². The summed E-state index contributed by atoms with van der Waals surface area (Å²) in [5.74, 6) is -1.55. The fraction of sp³-hybridized carbons (Fsp3) is 0.125. The Morgan fingerprint density at radius 1 is 1.00 bits per heavy atom. The van der Waals surface area contributed by atoms with E-state index in [0.29, 0.717) is 15.8 Å². The van der Waals surface area contributed by atoms with Crippen molar-refractivity contribution in [2.75, 3.05) is 13.2 Å². The summed E-state index contributed by atoms with van der Waals surface area (Å²) in [5.41, 5.74) is -0.128. The van der Waals surface area contributed by atoms with Gasteiger partial charge in [-0.25, -0.2) is 9.59 Å². The number of hydrogen-bond donors (Lipinski definition) is 1. The van der Waals surface area contributed by atoms with Crippen molar-refractivity contribution in [1.29, 1.82) is 0 Å². The fourth-order valence-electron chi connectivity index (χ4n) is 1.80. The molecular weight excluding hydrogens is 343 g/mol. The van der Waals surface area contributed by atoms with E-state index in [0.717, 1.165) is 0 Å². The van der Waals surface area contributed by atoms with E-state index in [2.05, 4.69) is 0 Å². The number of esters is 1. The van der Waals surface area contributed by atoms with Crippen molar-refractivity contribution in [1.82, 2.24) is 0 Å². The first-order chi connectivity index (χ1) is 11.0. The van der Waals surface area contributed by atoms with Crippen LogP contribution in [0.5, 0.6) is 5.75 Å². The molecule has 0 spiro atoms. The Morgan fingerprint density at radius 3 is 2.39 bits per heavy atom. The molecule has 0 radical (unpaired) electrons. The topological polar surface area (TPSA) is 72.8 Å². The van der Waals surface area contributed by atoms with Gasteiger partial charge in [0.1, 0.15) is 19.0 Å². The first-order valence-electron chi connectivity index (χ1n) is 6.56. The lowest BCUT2D eigenvalue weighted by Crippen LogP contribution is -2.15. The zero-order valence-electron chi connectivity index (χ0n) is 11.8. The van der Waals surface area contributed by atoms with Crippen molar-refractivity contribution < 1.29 is 24.2 Å². The molecule has 0 amide bonds. The Morgan fingerprint density at radius 2 is 1.70 bits per heavy atom. The van der Waals surface area contributed by atoms with E-state index in [1.54, 1.807) is 24.3 Å². The molecule has 0 bridgehead atoms. The van der Waals surface area contributed by atoms with Gasteiger partial charge < -0.3 is 14.6 Å². The minimum absolute atomic E-state index is 0.0132. The van der Waals surface area contributed by atoms with E-state index >= 15 is 0 Å². The molecule has 120 valence electrons. The SMILES string of the molecule is O=C(O)c1ccccc1C(=O)OCCOc1cc(Cl)ccc1Cl. The summed E-state index contributed by atoms with van der Waals surface area (Å²) in [7, 11) is 0. The van der Waals surface area contributed by atoms with Crippen LogP contribution >= 0.6 is 23.2 Å². The molecule has 0 aliphatic rings. The number of carbonyl (C=O) groups excluding carboxylic acids is 1. The third-order valence-corrected chi connectivity index (χ3v) is 3.39. The lowest BCUT2D eigenvalue weighted by Gasteiger charge is -2.10. The number of carbonyl (C=O) groups is 2. The Hall–Kier alpha value is -2.24. The maximum Gasteiger partial charge on any atom is 0.339 e. The molecule has 2 rings (SSSR count). The summed E-state index contributed by atoms with van der Waals surface area (Å²) in [6.07, 6.45) is 0. The molecule has 0 saturated heterocycles. The van der Waals surface area contributed by atoms with Gasteiger partial charge in [0.15, 0.2) is 0 Å². The Bertz CT molecular complexity index is 730. The smallest absolute Gasteiger partial charge is 0.339 e. The van der Waals surface area contributed by atoms with E-state index in [1.165, 1.54) is 18.2 Å². The zero-order chi connectivity index (χ0) is 16.8. The van der Waals surface area contributed by atoms with Gasteiger partial charge in [0, 0.05) is 11.1 Å². The summed E-state index contributed by atoms with van der Waals surface area (Å²) in [4.78, 5) is 23.0. The van der Waals surface area contributed by atoms with Crippen LogP contribution in [0, 0.1) is 0 Å². The quantitative estimate of drug-likeness (QED) is 0.628. The minimum atomic E-state index is -1.19. The molecule has 0 aliphatic carbocycles. The van der Waals surface area contributed by atoms with Crippen LogP contribution in [-0.2, 0) is 4.74 Å². The van der Waals surface area contributed by atoms with Gasteiger partial charge >= 0.3 is 11.9 Å². The number of hydrogen-bond acceptors (Lipinski definition) is 4. The van der Waals surface area contributed by atoms with Crippen molar-refractivity contribution in [2.45, 2.75) is 0 Å². The molecule has 0 aliphatic heterocycles. The summed E-state index contributed by atoms with van der Waals surface area (Å²) >= 11 is 11.8. The van der Waals surface area contributed by atoms with Crippen LogP contribution < -0.4 is 4.74 Å². The number of carboxylic acid groups (broad SMARTS) is 1. The number of rotatable bonds is 6. The van der Waals surface area contributed by atoms with Crippen LogP contribution in [-0.4, -0.2) is 30.3 Å². The van der Waals surface area contributed by atoms with Gasteiger partial charge in [-0.3, -0.25) is 0 Å². The predicted molar refractivity (Wildman–Crippen MR) is 85.6 cm³/mol. The van der Waals surface area contributed by atoms with E-state index in [9.17, 15) is 9.59 Å². The van der Waals surface area contributed by atoms with Gasteiger partial charge in [0.05, 0.1) is 16.1 Å². The first-order valence-corrected chi connectivity index (χ1v) is 7.32. The van der Waals surface area contributed by atoms with E-state index in [-0.39, 0.29) is 24.3 Å². The predicted octanol–water partition coefficient (Wildman–Crippen LogP) is 3.93. The lowest BCUT2D eigenvalue weighted by atomic mass is 10.1. The summed E-state index contributed by atoms with van der Waals surface area (Å²) in [5, 5.41) is 9.89. The maximum absolute atomic E-state index is 11.9. The van der Waals surface area contributed by atoms with Crippen molar-refractivity contribution in [3.8, 4) is 5.75 Å². The normalized spacial score (nSPS) is 10.2. The van der Waals surface area contributed by atoms with Crippen LogP contribution in [0.15, 0.2) is 42.5 Å². The molecule has 23 heavy (non-hydrogen) atoms. The van der Waals surface area contributed by atoms with E-state index in [4.69, 9.17) is 37.8 Å². The van der Waals surface area contributed by atoms with Crippen LogP contribution in [0.4, 0.5) is 0 Å². The van der Waals surface area contributed by atoms with Crippen molar-refractivity contribution >= 4 is 35.1 Å². The molecule has 1 N–H and O–H groups in total. The zero-order valence-corrected chi connectivity index (χ0v) is 13.3. The van der Waals surface area contributed by atoms with Crippen LogP contribution in [0.25, 0.3) is 0 Å². The highest BCUT2D eigenvalue weighted by Gasteiger charge is 2.16. The molecule has 7 heteroatoms. The Labute approximate surface area is 142 Å². The van der Waals surface area contributed by atoms with Gasteiger partial charge in [0.2, 0.25) is 0 Å². The molecule has 0 atom stereocenters. The lowest BCUT2D eigenvalue weighted by molar-refractivity contribution is 0.0442. The number of ether oxygens (including phenoxy) is 2. The first kappa shape index (κ1) is 17.1. The molecule has 0 heterocycles. The molecule has 2 aromatic carbocycles. The second-order valence-corrected chi connectivity index (χ2v) is 5.25. The molecule has 0 saturated carbocycles. The van der Waals surface area contributed by atoms with Gasteiger partial charge in [-0.1, -0.05) is 35.3 Å². The highest BCUT2D eigenvalue weighted by Crippen LogP contribution is 2.27. The summed E-state index contributed by atoms with van der Waals surface area (Å²) in [6, 6.07) is 10.6. The number of carboxylic acids is 1. The largest absolute Gasteiger partial charge is 0.488 e. The fourth-order valence-corrected chi connectivity index (χ4v) is 2.13. The number of aromatic carboxylic acids is 1. The average molecular weight is 355 g/mol. The van der Waals surface area contributed by atoms with E-state index < -0.39 is 11.9 Å². The Kier molecular flexibility index (Phi) is 5.84. The molecule has 0 aromatic heterocycles. The second kappa shape index (κ2) is 7.85. The van der Waals surface area contributed by atoms with Crippen molar-refractivity contribution in [3.63, 3.8) is 0 Å². The van der Waals surface area contributed by atoms with Gasteiger partial charge in [0.25, 0.3) is 0 Å². The van der Waals surface area contributed by atoms with Gasteiger partial charge in [-0.05, 0) is 24.3 Å². The van der Waals surface area contributed by atoms with Crippen molar-refractivity contribution in [3.05, 3.63) is 63.6 Å².